The average Bonchev–Trinajstić information content (AvgIpc) is 2.21. The van der Waals surface area contributed by atoms with Gasteiger partial charge in [0.05, 0.1) is 10.0 Å². The first-order valence-corrected chi connectivity index (χ1v) is 6.74. The molecular weight excluding hydrogens is 305 g/mol. The maximum atomic E-state index is 5.87. The summed E-state index contributed by atoms with van der Waals surface area (Å²) in [6.45, 7) is 3.58. The molecule has 0 spiro atoms. The third-order valence-electron chi connectivity index (χ3n) is 1.53. The molecule has 16 heavy (non-hydrogen) atoms. The van der Waals surface area contributed by atoms with E-state index in [1.165, 1.54) is 11.8 Å². The number of anilines is 1. The zero-order valence-electron chi connectivity index (χ0n) is 8.10. The second-order valence-corrected chi connectivity index (χ2v) is 5.85. The van der Waals surface area contributed by atoms with Gasteiger partial charge in [-0.2, -0.15) is 0 Å². The summed E-state index contributed by atoms with van der Waals surface area (Å²) >= 11 is 23.8. The predicted molar refractivity (Wildman–Crippen MR) is 80.1 cm³/mol. The number of nitrogens with one attached hydrogen (secondary N) is 1. The Bertz CT molecular complexity index is 421. The van der Waals surface area contributed by atoms with Crippen molar-refractivity contribution < 1.29 is 0 Å². The van der Waals surface area contributed by atoms with Crippen molar-refractivity contribution in [2.24, 2.45) is 0 Å². The van der Waals surface area contributed by atoms with Crippen LogP contribution >= 0.6 is 58.8 Å². The first-order valence-electron chi connectivity index (χ1n) is 4.21. The van der Waals surface area contributed by atoms with Crippen LogP contribution in [0.3, 0.4) is 0 Å². The molecule has 86 valence electrons. The fourth-order valence-corrected chi connectivity index (χ4v) is 2.11. The van der Waals surface area contributed by atoms with Gasteiger partial charge in [0.15, 0.2) is 0 Å². The SMILES string of the molecule is C=C(Cl)CSC(=S)Nc1ccc(Cl)c(Cl)c1. The van der Waals surface area contributed by atoms with Crippen LogP contribution in [-0.4, -0.2) is 10.1 Å². The van der Waals surface area contributed by atoms with Crippen molar-refractivity contribution in [3.8, 4) is 0 Å². The second kappa shape index (κ2) is 6.72. The van der Waals surface area contributed by atoms with Crippen molar-refractivity contribution in [1.82, 2.24) is 0 Å². The molecule has 0 unspecified atom stereocenters. The molecular formula is C10H8Cl3NS2. The van der Waals surface area contributed by atoms with E-state index < -0.39 is 0 Å². The Labute approximate surface area is 119 Å². The molecule has 0 aromatic heterocycles. The zero-order chi connectivity index (χ0) is 12.1. The van der Waals surface area contributed by atoms with E-state index in [0.717, 1.165) is 5.69 Å². The Balaban J connectivity index is 2.56. The van der Waals surface area contributed by atoms with Gasteiger partial charge in [-0.1, -0.05) is 65.4 Å². The van der Waals surface area contributed by atoms with Gasteiger partial charge in [0, 0.05) is 16.5 Å². The predicted octanol–water partition coefficient (Wildman–Crippen LogP) is 5.18. The number of halogens is 3. The molecule has 0 aliphatic heterocycles. The molecule has 1 rings (SSSR count). The minimum absolute atomic E-state index is 0.487. The third-order valence-corrected chi connectivity index (χ3v) is 3.87. The molecule has 0 aliphatic carbocycles. The molecule has 0 amide bonds. The van der Waals surface area contributed by atoms with E-state index in [1.54, 1.807) is 18.2 Å². The molecule has 0 saturated heterocycles. The van der Waals surface area contributed by atoms with Crippen LogP contribution in [-0.2, 0) is 0 Å². The van der Waals surface area contributed by atoms with Crippen LogP contribution in [0.4, 0.5) is 5.69 Å². The third kappa shape index (κ3) is 4.93. The van der Waals surface area contributed by atoms with Crippen molar-refractivity contribution >= 4 is 68.8 Å². The maximum absolute atomic E-state index is 5.87. The van der Waals surface area contributed by atoms with Crippen molar-refractivity contribution in [2.75, 3.05) is 11.1 Å². The molecule has 0 heterocycles. The minimum Gasteiger partial charge on any atom is -0.341 e. The minimum atomic E-state index is 0.487. The van der Waals surface area contributed by atoms with Gasteiger partial charge >= 0.3 is 0 Å². The Kier molecular flexibility index (Phi) is 5.94. The van der Waals surface area contributed by atoms with Crippen molar-refractivity contribution in [2.45, 2.75) is 0 Å². The summed E-state index contributed by atoms with van der Waals surface area (Å²) in [5, 5.41) is 4.58. The highest BCUT2D eigenvalue weighted by Gasteiger charge is 2.02. The van der Waals surface area contributed by atoms with Crippen LogP contribution in [0.5, 0.6) is 0 Å². The second-order valence-electron chi connectivity index (χ2n) is 2.85. The lowest BCUT2D eigenvalue weighted by atomic mass is 10.3. The van der Waals surface area contributed by atoms with E-state index >= 15 is 0 Å². The van der Waals surface area contributed by atoms with Crippen LogP contribution in [0, 0.1) is 0 Å². The molecule has 0 aliphatic rings. The van der Waals surface area contributed by atoms with Crippen LogP contribution in [0.25, 0.3) is 0 Å². The molecule has 1 nitrogen and oxygen atoms in total. The smallest absolute Gasteiger partial charge is 0.138 e. The van der Waals surface area contributed by atoms with Gasteiger partial charge in [-0.05, 0) is 18.2 Å². The van der Waals surface area contributed by atoms with E-state index in [4.69, 9.17) is 47.0 Å². The lowest BCUT2D eigenvalue weighted by molar-refractivity contribution is 1.66. The van der Waals surface area contributed by atoms with Gasteiger partial charge in [0.2, 0.25) is 0 Å². The summed E-state index contributed by atoms with van der Waals surface area (Å²) in [6, 6.07) is 5.23. The van der Waals surface area contributed by atoms with Gasteiger partial charge < -0.3 is 5.32 Å². The number of hydrogen-bond donors (Lipinski definition) is 1. The van der Waals surface area contributed by atoms with Gasteiger partial charge in [0.25, 0.3) is 0 Å². The van der Waals surface area contributed by atoms with Crippen LogP contribution in [0.1, 0.15) is 0 Å². The number of thiocarbonyl (C=S) groups is 1. The number of thioether (sulfide) groups is 1. The quantitative estimate of drug-likeness (QED) is 0.773. The van der Waals surface area contributed by atoms with Crippen molar-refractivity contribution in [3.05, 3.63) is 39.9 Å². The fraction of sp³-hybridized carbons (Fsp3) is 0.100. The summed E-state index contributed by atoms with van der Waals surface area (Å²) in [7, 11) is 0. The number of hydrogen-bond acceptors (Lipinski definition) is 2. The number of rotatable bonds is 3. The highest BCUT2D eigenvalue weighted by Crippen LogP contribution is 2.25. The van der Waals surface area contributed by atoms with E-state index in [0.29, 0.717) is 25.2 Å². The first kappa shape index (κ1) is 14.1. The molecule has 0 radical (unpaired) electrons. The summed E-state index contributed by atoms with van der Waals surface area (Å²) in [5.74, 6) is 0.578. The lowest BCUT2D eigenvalue weighted by Crippen LogP contribution is -2.05. The van der Waals surface area contributed by atoms with Crippen LogP contribution in [0.2, 0.25) is 10.0 Å². The van der Waals surface area contributed by atoms with Crippen LogP contribution in [0.15, 0.2) is 29.8 Å². The topological polar surface area (TPSA) is 12.0 Å². The summed E-state index contributed by atoms with van der Waals surface area (Å²) in [6.07, 6.45) is 0. The highest BCUT2D eigenvalue weighted by atomic mass is 35.5. The van der Waals surface area contributed by atoms with E-state index in [2.05, 4.69) is 11.9 Å². The molecule has 0 bridgehead atoms. The molecule has 1 N–H and O–H groups in total. The Morgan fingerprint density at radius 2 is 2.06 bits per heavy atom. The zero-order valence-corrected chi connectivity index (χ0v) is 12.0. The normalized spacial score (nSPS) is 9.94. The molecule has 0 fully saturated rings. The fourth-order valence-electron chi connectivity index (χ4n) is 0.872. The van der Waals surface area contributed by atoms with E-state index in [-0.39, 0.29) is 0 Å². The number of benzene rings is 1. The monoisotopic (exact) mass is 311 g/mol. The van der Waals surface area contributed by atoms with Gasteiger partial charge in [-0.25, -0.2) is 0 Å². The summed E-state index contributed by atoms with van der Waals surface area (Å²) < 4.78 is 0.611. The van der Waals surface area contributed by atoms with Gasteiger partial charge in [-0.15, -0.1) is 0 Å². The highest BCUT2D eigenvalue weighted by molar-refractivity contribution is 8.23. The average molecular weight is 313 g/mol. The molecule has 0 atom stereocenters. The van der Waals surface area contributed by atoms with Gasteiger partial charge in [0.1, 0.15) is 4.32 Å². The molecule has 6 heteroatoms. The molecule has 0 saturated carbocycles. The molecule has 1 aromatic rings. The Hall–Kier alpha value is 0.0700. The van der Waals surface area contributed by atoms with Crippen LogP contribution < -0.4 is 5.32 Å². The molecule has 1 aromatic carbocycles. The summed E-state index contributed by atoms with van der Waals surface area (Å²) in [4.78, 5) is 0. The standard InChI is InChI=1S/C10H8Cl3NS2/c1-6(11)5-16-10(15)14-7-2-3-8(12)9(13)4-7/h2-4H,1,5H2,(H,14,15). The largest absolute Gasteiger partial charge is 0.341 e. The lowest BCUT2D eigenvalue weighted by Gasteiger charge is -2.07. The van der Waals surface area contributed by atoms with E-state index in [1.807, 2.05) is 0 Å². The maximum Gasteiger partial charge on any atom is 0.138 e. The van der Waals surface area contributed by atoms with E-state index in [9.17, 15) is 0 Å². The van der Waals surface area contributed by atoms with Crippen molar-refractivity contribution in [3.63, 3.8) is 0 Å². The Morgan fingerprint density at radius 1 is 1.38 bits per heavy atom. The first-order chi connectivity index (χ1) is 7.49. The van der Waals surface area contributed by atoms with Crippen molar-refractivity contribution in [1.29, 1.82) is 0 Å². The van der Waals surface area contributed by atoms with Gasteiger partial charge in [-0.3, -0.25) is 0 Å². The summed E-state index contributed by atoms with van der Waals surface area (Å²) in [5.41, 5.74) is 0.798. The Morgan fingerprint density at radius 3 is 2.62 bits per heavy atom.